The molecule has 0 spiro atoms. The molecule has 84 heavy (non-hydrogen) atoms. The molecule has 0 aliphatic rings. The van der Waals surface area contributed by atoms with Gasteiger partial charge in [-0.2, -0.15) is 39.8 Å². The molecule has 0 amide bonds. The third-order valence-electron chi connectivity index (χ3n) is 9.52. The molecule has 0 aliphatic heterocycles. The van der Waals surface area contributed by atoms with Crippen LogP contribution in [0.4, 0.5) is 35.2 Å². The van der Waals surface area contributed by atoms with Crippen molar-refractivity contribution in [2.45, 2.75) is 27.5 Å². The van der Waals surface area contributed by atoms with Gasteiger partial charge in [-0.25, -0.2) is 16.8 Å². The van der Waals surface area contributed by atoms with Crippen LogP contribution in [0, 0.1) is 6.07 Å². The van der Waals surface area contributed by atoms with Crippen LogP contribution in [0.15, 0.2) is 99.6 Å². The zero-order valence-electron chi connectivity index (χ0n) is 46.3. The molecule has 30 nitrogen and oxygen atoms in total. The molecule has 0 bridgehead atoms. The summed E-state index contributed by atoms with van der Waals surface area (Å²) in [4.78, 5) is 58.4. The van der Waals surface area contributed by atoms with E-state index in [0.29, 0.717) is 39.3 Å². The molecule has 2 heterocycles. The molecule has 0 fully saturated rings. The minimum absolute atomic E-state index is 0. The fraction of sp³-hybridized carbons (Fsp3) is 0.190. The van der Waals surface area contributed by atoms with E-state index in [1.807, 2.05) is 0 Å². The first kappa shape index (κ1) is 90.7. The number of benzene rings is 4. The predicted molar refractivity (Wildman–Crippen MR) is 245 cm³/mol. The molecule has 2 N–H and O–H groups in total. The molecular weight excluding hydrogens is 1280 g/mol. The number of hydrogen-bond donors (Lipinski definition) is 2. The van der Waals surface area contributed by atoms with Crippen LogP contribution in [0.5, 0.6) is 0 Å². The Labute approximate surface area is 663 Å². The van der Waals surface area contributed by atoms with Crippen LogP contribution in [0.3, 0.4) is 0 Å². The topological polar surface area (TPSA) is 460 Å². The number of anilines is 6. The molecule has 0 aliphatic carbocycles. The standard InChI is InChI=1S/C42H41N10O17S3.8Na.O3S/c53-37(54)24-52(25-38(55)56)42-48-36(45-39(50-42)43-30-11-13-32(14-12-30)70-69-68-59)21-27-3-1-26(2-4-27)5-8-29-9-10-31(23-34(29)72(63,64)65)44-40-46-35(22-28-6-15-33(16-7-28)71(60,61)62)47-41(49-40)51(17-19-66-57)18-20-67-58;;;;;;;;;1-4(2)3/h1,3-16,23,57-59H,17-22,24-25H2,(H,53,54)(H,55,56)(H,60,61,62)(H,63,64,65)(H,43,45,48,50)(H,44,46,47,49);;;;;;;;;/q-1;8*+1;/p-7/b8-5+;;;;;;;;;. The zero-order chi connectivity index (χ0) is 55.4. The fourth-order valence-electron chi connectivity index (χ4n) is 6.36. The zero-order valence-corrected chi connectivity index (χ0v) is 65.5. The molecule has 0 unspecified atom stereocenters. The van der Waals surface area contributed by atoms with Gasteiger partial charge >= 0.3 is 247 Å². The third-order valence-corrected chi connectivity index (χ3v) is 11.9. The monoisotopic (exact) mass is 1310 g/mol. The van der Waals surface area contributed by atoms with Gasteiger partial charge in [-0.15, -0.1) is 48.5 Å². The van der Waals surface area contributed by atoms with E-state index >= 15 is 0 Å². The van der Waals surface area contributed by atoms with Crippen LogP contribution < -0.4 is 283 Å². The number of carbonyl (C=O) groups is 2. The van der Waals surface area contributed by atoms with Gasteiger partial charge in [-0.05, 0) is 66.1 Å². The van der Waals surface area contributed by atoms with Crippen molar-refractivity contribution in [2.75, 3.05) is 59.8 Å². The summed E-state index contributed by atoms with van der Waals surface area (Å²) in [5.74, 6) is -3.83. The maximum atomic E-state index is 12.6. The first-order valence-electron chi connectivity index (χ1n) is 20.9. The maximum Gasteiger partial charge on any atom is 1.00 e. The Hall–Kier alpha value is 0.290. The number of hydrogen-bond acceptors (Lipinski definition) is 31. The van der Waals surface area contributed by atoms with Gasteiger partial charge in [-0.1, -0.05) is 24.3 Å². The van der Waals surface area contributed by atoms with Crippen LogP contribution in [0.2, 0.25) is 0 Å². The average molecular weight is 1310 g/mol. The molecular formula is C42H34N10Na8O20S4. The number of nitrogens with one attached hydrogen (secondary N) is 2. The molecule has 2 aromatic heterocycles. The Balaban J connectivity index is -0.00000258. The second-order valence-corrected chi connectivity index (χ2v) is 18.7. The van der Waals surface area contributed by atoms with Crippen LogP contribution in [-0.2, 0) is 72.4 Å². The maximum absolute atomic E-state index is 12.6. The number of rotatable bonds is 27. The molecule has 4 aromatic carbocycles. The summed E-state index contributed by atoms with van der Waals surface area (Å²) in [6, 6.07) is 22.8. The second kappa shape index (κ2) is 46.4. The largest absolute Gasteiger partial charge is 1.00 e. The van der Waals surface area contributed by atoms with Gasteiger partial charge in [0, 0.05) is 35.8 Å². The summed E-state index contributed by atoms with van der Waals surface area (Å²) in [5.41, 5.74) is 1.86. The van der Waals surface area contributed by atoms with E-state index < -0.39 is 65.7 Å². The Morgan fingerprint density at radius 3 is 1.54 bits per heavy atom. The van der Waals surface area contributed by atoms with Crippen LogP contribution in [-0.4, -0.2) is 120 Å². The summed E-state index contributed by atoms with van der Waals surface area (Å²) in [7, 11) is -13.0. The van der Waals surface area contributed by atoms with Crippen molar-refractivity contribution >= 4 is 102 Å². The Kier molecular flexibility index (Phi) is 50.1. The van der Waals surface area contributed by atoms with Crippen molar-refractivity contribution in [1.29, 1.82) is 0 Å². The van der Waals surface area contributed by atoms with Gasteiger partial charge in [0.1, 0.15) is 31.9 Å². The molecule has 6 rings (SSSR count). The van der Waals surface area contributed by atoms with Gasteiger partial charge < -0.3 is 74.9 Å². The van der Waals surface area contributed by atoms with Crippen LogP contribution in [0.1, 0.15) is 33.9 Å². The van der Waals surface area contributed by atoms with E-state index in [4.69, 9.17) is 12.6 Å². The SMILES string of the molecule is O=C([O-])CN(CC(=O)[O-])c1nc(Cc2c[c-]c(/C=C/c3ccc(Nc4nc(Cc5ccc(S(=O)(=O)[O-])cc5)nc(N(CCO[O-])CCO[O-])n4)cc3S(=O)(=O)[O-])cc2)nc(Nc2ccc(SOO[O-])cc2)n1.O=S(=O)=O.[Na+].[Na+].[Na+].[Na+].[Na+].[Na+].[Na+].[Na+]. The van der Waals surface area contributed by atoms with E-state index in [0.717, 1.165) is 23.1 Å². The van der Waals surface area contributed by atoms with Crippen molar-refractivity contribution in [2.24, 2.45) is 0 Å². The predicted octanol–water partition coefficient (Wildman–Crippen LogP) is -27.5. The Morgan fingerprint density at radius 2 is 1.08 bits per heavy atom. The van der Waals surface area contributed by atoms with Gasteiger partial charge in [0.2, 0.25) is 23.8 Å². The summed E-state index contributed by atoms with van der Waals surface area (Å²) in [6.45, 7) is -2.75. The van der Waals surface area contributed by atoms with E-state index in [9.17, 15) is 61.5 Å². The quantitative estimate of drug-likeness (QED) is 0.00920. The Bertz CT molecular complexity index is 3340. The van der Waals surface area contributed by atoms with Crippen molar-refractivity contribution in [3.05, 3.63) is 125 Å². The second-order valence-electron chi connectivity index (χ2n) is 14.8. The number of carbonyl (C=O) groups excluding carboxylic acids is 2. The smallest absolute Gasteiger partial charge is 0.744 e. The fourth-order valence-corrected chi connectivity index (χ4v) is 7.88. The first-order valence-corrected chi connectivity index (χ1v) is 25.4. The van der Waals surface area contributed by atoms with E-state index in [1.54, 1.807) is 42.5 Å². The van der Waals surface area contributed by atoms with Crippen molar-refractivity contribution in [3.8, 4) is 0 Å². The molecule has 42 heteroatoms. The van der Waals surface area contributed by atoms with Gasteiger partial charge in [0.15, 0.2) is 0 Å². The van der Waals surface area contributed by atoms with Crippen molar-refractivity contribution in [1.82, 2.24) is 29.9 Å². The Morgan fingerprint density at radius 1 is 0.607 bits per heavy atom. The van der Waals surface area contributed by atoms with Gasteiger partial charge in [-0.3, -0.25) is 5.04 Å². The summed E-state index contributed by atoms with van der Waals surface area (Å²) < 4.78 is 102. The minimum Gasteiger partial charge on any atom is -0.744 e. The molecule has 0 atom stereocenters. The van der Waals surface area contributed by atoms with Crippen molar-refractivity contribution in [3.63, 3.8) is 0 Å². The normalized spacial score (nSPS) is 10.3. The van der Waals surface area contributed by atoms with E-state index in [1.165, 1.54) is 41.3 Å². The number of carboxylic acids is 2. The number of nitrogens with zero attached hydrogens (tertiary/aromatic N) is 8. The van der Waals surface area contributed by atoms with E-state index in [-0.39, 0.29) is 322 Å². The molecule has 0 saturated carbocycles. The van der Waals surface area contributed by atoms with Gasteiger partial charge in [0.25, 0.3) is 0 Å². The summed E-state index contributed by atoms with van der Waals surface area (Å²) in [6.07, 6.45) is 2.75. The number of carboxylic acid groups (broad SMARTS) is 2. The third kappa shape index (κ3) is 33.0. The molecule has 0 saturated heterocycles. The van der Waals surface area contributed by atoms with Crippen LogP contribution >= 0.6 is 12.0 Å². The van der Waals surface area contributed by atoms with Gasteiger partial charge in [0.05, 0.1) is 60.1 Å². The molecule has 404 valence electrons. The van der Waals surface area contributed by atoms with Crippen LogP contribution in [0.25, 0.3) is 12.2 Å². The first-order chi connectivity index (χ1) is 36.1. The molecule has 6 aromatic rings. The minimum atomic E-state index is -5.14. The van der Waals surface area contributed by atoms with Crippen molar-refractivity contribution < 1.29 is 330 Å². The summed E-state index contributed by atoms with van der Waals surface area (Å²) >= 11 is 0.648. The summed E-state index contributed by atoms with van der Waals surface area (Å²) in [5, 5.41) is 64.0. The average Bonchev–Trinajstić information content (AvgIpc) is 3.35. The van der Waals surface area contributed by atoms with E-state index in [2.05, 4.69) is 65.8 Å². The molecule has 0 radical (unpaired) electrons. The number of aromatic nitrogens is 6. The number of aliphatic carboxylic acids is 2.